The van der Waals surface area contributed by atoms with E-state index in [0.717, 1.165) is 44.9 Å². The fourth-order valence-corrected chi connectivity index (χ4v) is 2.81. The zero-order valence-electron chi connectivity index (χ0n) is 13.4. The van der Waals surface area contributed by atoms with Crippen molar-refractivity contribution in [3.05, 3.63) is 42.5 Å². The van der Waals surface area contributed by atoms with Crippen LogP contribution >= 0.6 is 24.0 Å². The number of aromatic nitrogens is 3. The Kier molecular flexibility index (Phi) is 6.82. The maximum Gasteiger partial charge on any atom is 0.198 e. The molecule has 1 aromatic carbocycles. The molecule has 0 atom stereocenters. The number of unbranched alkanes of at least 4 members (excludes halogenated alkanes) is 1. The number of rotatable bonds is 5. The number of anilines is 1. The van der Waals surface area contributed by atoms with E-state index in [0.29, 0.717) is 0 Å². The van der Waals surface area contributed by atoms with E-state index in [2.05, 4.69) is 49.7 Å². The fourth-order valence-electron chi connectivity index (χ4n) is 2.81. The zero-order valence-corrected chi connectivity index (χ0v) is 15.7. The molecular weight excluding hydrogens is 403 g/mol. The van der Waals surface area contributed by atoms with Crippen molar-refractivity contribution in [1.82, 2.24) is 20.1 Å². The highest BCUT2D eigenvalue weighted by atomic mass is 127. The summed E-state index contributed by atoms with van der Waals surface area (Å²) in [5.74, 6) is 0.967. The lowest BCUT2D eigenvalue weighted by Crippen LogP contribution is -2.41. The van der Waals surface area contributed by atoms with Crippen LogP contribution in [0.2, 0.25) is 0 Å². The molecule has 124 valence electrons. The van der Waals surface area contributed by atoms with E-state index >= 15 is 0 Å². The van der Waals surface area contributed by atoms with Gasteiger partial charge in [0.05, 0.1) is 0 Å². The number of aliphatic imine (C=N–C) groups is 1. The van der Waals surface area contributed by atoms with Crippen LogP contribution in [0, 0.1) is 0 Å². The Hall–Kier alpha value is -1.64. The zero-order chi connectivity index (χ0) is 15.2. The number of guanidine groups is 1. The van der Waals surface area contributed by atoms with E-state index in [1.165, 1.54) is 11.3 Å². The van der Waals surface area contributed by atoms with E-state index in [-0.39, 0.29) is 24.0 Å². The van der Waals surface area contributed by atoms with Crippen LogP contribution in [0.4, 0.5) is 5.69 Å². The lowest BCUT2D eigenvalue weighted by Gasteiger charge is -2.22. The molecule has 0 saturated carbocycles. The summed E-state index contributed by atoms with van der Waals surface area (Å²) < 4.78 is 2.01. The van der Waals surface area contributed by atoms with Crippen LogP contribution < -0.4 is 10.2 Å². The lowest BCUT2D eigenvalue weighted by atomic mass is 10.2. The first kappa shape index (κ1) is 17.7. The number of benzene rings is 1. The molecule has 0 spiro atoms. The molecule has 0 amide bonds. The normalized spacial score (nSPS) is 13.6. The molecule has 2 aromatic rings. The standard InChI is InChI=1S/C16H22N6.HI/c1-17-16(18-9-4-5-10-21-12-19-20-13-21)22-11-8-14-6-2-3-7-15(14)22;/h2-3,6-7,12-13H,4-5,8-11H2,1H3,(H,17,18);1H. The van der Waals surface area contributed by atoms with Crippen LogP contribution in [0.25, 0.3) is 0 Å². The monoisotopic (exact) mass is 426 g/mol. The second-order valence-corrected chi connectivity index (χ2v) is 5.41. The molecule has 0 unspecified atom stereocenters. The summed E-state index contributed by atoms with van der Waals surface area (Å²) >= 11 is 0. The van der Waals surface area contributed by atoms with Gasteiger partial charge < -0.3 is 14.8 Å². The number of hydrogen-bond acceptors (Lipinski definition) is 3. The van der Waals surface area contributed by atoms with Crippen molar-refractivity contribution in [3.63, 3.8) is 0 Å². The van der Waals surface area contributed by atoms with Crippen molar-refractivity contribution >= 4 is 35.6 Å². The van der Waals surface area contributed by atoms with Crippen LogP contribution in [0.1, 0.15) is 18.4 Å². The molecule has 2 heterocycles. The van der Waals surface area contributed by atoms with Crippen LogP contribution in [0.15, 0.2) is 41.9 Å². The van der Waals surface area contributed by atoms with Gasteiger partial charge in [-0.3, -0.25) is 4.99 Å². The molecule has 0 saturated heterocycles. The van der Waals surface area contributed by atoms with Gasteiger partial charge in [-0.15, -0.1) is 34.2 Å². The van der Waals surface area contributed by atoms with E-state index < -0.39 is 0 Å². The molecule has 1 N–H and O–H groups in total. The summed E-state index contributed by atoms with van der Waals surface area (Å²) in [5.41, 5.74) is 2.68. The Balaban J connectivity index is 0.00000192. The predicted octanol–water partition coefficient (Wildman–Crippen LogP) is 2.31. The van der Waals surface area contributed by atoms with E-state index in [4.69, 9.17) is 0 Å². The molecule has 7 heteroatoms. The average Bonchev–Trinajstić information content (AvgIpc) is 3.20. The first-order valence-corrected chi connectivity index (χ1v) is 7.77. The predicted molar refractivity (Wildman–Crippen MR) is 104 cm³/mol. The van der Waals surface area contributed by atoms with Gasteiger partial charge in [0, 0.05) is 32.4 Å². The van der Waals surface area contributed by atoms with Crippen molar-refractivity contribution in [1.29, 1.82) is 0 Å². The lowest BCUT2D eigenvalue weighted by molar-refractivity contribution is 0.599. The third-order valence-electron chi connectivity index (χ3n) is 3.95. The van der Waals surface area contributed by atoms with Crippen molar-refractivity contribution in [2.45, 2.75) is 25.8 Å². The van der Waals surface area contributed by atoms with Gasteiger partial charge in [0.15, 0.2) is 5.96 Å². The summed E-state index contributed by atoms with van der Waals surface area (Å²) in [7, 11) is 1.85. The third kappa shape index (κ3) is 4.43. The van der Waals surface area contributed by atoms with Gasteiger partial charge in [0.1, 0.15) is 12.7 Å². The number of aryl methyl sites for hydroxylation is 1. The quantitative estimate of drug-likeness (QED) is 0.345. The molecule has 1 aliphatic heterocycles. The third-order valence-corrected chi connectivity index (χ3v) is 3.95. The van der Waals surface area contributed by atoms with Crippen molar-refractivity contribution < 1.29 is 0 Å². The molecule has 3 rings (SSSR count). The van der Waals surface area contributed by atoms with Gasteiger partial charge in [-0.25, -0.2) is 0 Å². The molecule has 0 aliphatic carbocycles. The Morgan fingerprint density at radius 2 is 2.00 bits per heavy atom. The molecule has 0 fully saturated rings. The molecule has 0 bridgehead atoms. The minimum Gasteiger partial charge on any atom is -0.356 e. The van der Waals surface area contributed by atoms with Crippen molar-refractivity contribution in [2.24, 2.45) is 4.99 Å². The van der Waals surface area contributed by atoms with Crippen molar-refractivity contribution in [3.8, 4) is 0 Å². The molecule has 0 radical (unpaired) electrons. The Morgan fingerprint density at radius 1 is 1.22 bits per heavy atom. The highest BCUT2D eigenvalue weighted by molar-refractivity contribution is 14.0. The fraction of sp³-hybridized carbons (Fsp3) is 0.438. The van der Waals surface area contributed by atoms with E-state index in [1.807, 2.05) is 11.6 Å². The number of halogens is 1. The number of nitrogens with zero attached hydrogens (tertiary/aromatic N) is 5. The SMILES string of the molecule is CN=C(NCCCCn1cnnc1)N1CCc2ccccc21.I. The number of para-hydroxylation sites is 1. The van der Waals surface area contributed by atoms with Gasteiger partial charge >= 0.3 is 0 Å². The topological polar surface area (TPSA) is 58.3 Å². The molecule has 1 aromatic heterocycles. The average molecular weight is 426 g/mol. The van der Waals surface area contributed by atoms with Gasteiger partial charge in [-0.2, -0.15) is 0 Å². The highest BCUT2D eigenvalue weighted by Crippen LogP contribution is 2.27. The number of nitrogens with one attached hydrogen (secondary N) is 1. The first-order valence-electron chi connectivity index (χ1n) is 7.77. The Labute approximate surface area is 154 Å². The van der Waals surface area contributed by atoms with Gasteiger partial charge in [-0.05, 0) is 30.9 Å². The number of fused-ring (bicyclic) bond motifs is 1. The van der Waals surface area contributed by atoms with Crippen LogP contribution in [0.5, 0.6) is 0 Å². The molecular formula is C16H23IN6. The second-order valence-electron chi connectivity index (χ2n) is 5.41. The molecule has 23 heavy (non-hydrogen) atoms. The maximum absolute atomic E-state index is 4.42. The Morgan fingerprint density at radius 3 is 2.78 bits per heavy atom. The Bertz CT molecular complexity index is 625. The first-order chi connectivity index (χ1) is 10.9. The summed E-state index contributed by atoms with van der Waals surface area (Å²) in [4.78, 5) is 6.70. The minimum absolute atomic E-state index is 0. The summed E-state index contributed by atoms with van der Waals surface area (Å²) in [6, 6.07) is 8.55. The molecule has 6 nitrogen and oxygen atoms in total. The summed E-state index contributed by atoms with van der Waals surface area (Å²) in [5, 5.41) is 11.1. The van der Waals surface area contributed by atoms with E-state index in [9.17, 15) is 0 Å². The van der Waals surface area contributed by atoms with Gasteiger partial charge in [0.2, 0.25) is 0 Å². The van der Waals surface area contributed by atoms with Gasteiger partial charge in [-0.1, -0.05) is 18.2 Å². The smallest absolute Gasteiger partial charge is 0.198 e. The van der Waals surface area contributed by atoms with Crippen LogP contribution in [-0.4, -0.2) is 40.9 Å². The molecule has 1 aliphatic rings. The summed E-state index contributed by atoms with van der Waals surface area (Å²) in [6.45, 7) is 2.88. The van der Waals surface area contributed by atoms with Gasteiger partial charge in [0.25, 0.3) is 0 Å². The van der Waals surface area contributed by atoms with Crippen molar-refractivity contribution in [2.75, 3.05) is 25.0 Å². The number of hydrogen-bond donors (Lipinski definition) is 1. The maximum atomic E-state index is 4.42. The van der Waals surface area contributed by atoms with Crippen LogP contribution in [-0.2, 0) is 13.0 Å². The second kappa shape index (κ2) is 8.85. The largest absolute Gasteiger partial charge is 0.356 e. The van der Waals surface area contributed by atoms with Crippen LogP contribution in [0.3, 0.4) is 0 Å². The summed E-state index contributed by atoms with van der Waals surface area (Å²) in [6.07, 6.45) is 6.79. The highest BCUT2D eigenvalue weighted by Gasteiger charge is 2.21. The van der Waals surface area contributed by atoms with E-state index in [1.54, 1.807) is 12.7 Å². The minimum atomic E-state index is 0.